The Labute approximate surface area is 143 Å². The number of aliphatic hydroxyl groups is 1. The first-order valence-corrected chi connectivity index (χ1v) is 8.80. The molecular formula is C17H28N6O. The van der Waals surface area contributed by atoms with Crippen LogP contribution in [0.1, 0.15) is 54.8 Å². The molecule has 1 atom stereocenters. The SMILES string of the molecule is Cc1nn(CCO)c(C)c1CN[C@H]1CCc2nnc(C(C)C)n2C1. The van der Waals surface area contributed by atoms with Crippen LogP contribution in [0.3, 0.4) is 0 Å². The largest absolute Gasteiger partial charge is 0.394 e. The summed E-state index contributed by atoms with van der Waals surface area (Å²) in [6.45, 7) is 10.8. The molecule has 2 aromatic heterocycles. The molecule has 0 bridgehead atoms. The molecule has 0 aromatic carbocycles. The number of rotatable bonds is 6. The Morgan fingerprint density at radius 3 is 2.79 bits per heavy atom. The Balaban J connectivity index is 1.67. The minimum atomic E-state index is 0.117. The lowest BCUT2D eigenvalue weighted by atomic mass is 10.1. The van der Waals surface area contributed by atoms with Gasteiger partial charge in [-0.2, -0.15) is 5.10 Å². The van der Waals surface area contributed by atoms with Gasteiger partial charge in [-0.15, -0.1) is 10.2 Å². The molecule has 24 heavy (non-hydrogen) atoms. The van der Waals surface area contributed by atoms with E-state index in [4.69, 9.17) is 5.11 Å². The monoisotopic (exact) mass is 332 g/mol. The summed E-state index contributed by atoms with van der Waals surface area (Å²) in [4.78, 5) is 0. The van der Waals surface area contributed by atoms with Gasteiger partial charge in [-0.25, -0.2) is 0 Å². The third-order valence-electron chi connectivity index (χ3n) is 4.90. The molecule has 0 saturated heterocycles. The Bertz CT molecular complexity index is 702. The molecule has 3 heterocycles. The minimum Gasteiger partial charge on any atom is -0.394 e. The third kappa shape index (κ3) is 3.23. The van der Waals surface area contributed by atoms with Gasteiger partial charge >= 0.3 is 0 Å². The van der Waals surface area contributed by atoms with Crippen molar-refractivity contribution in [3.05, 3.63) is 28.6 Å². The zero-order valence-corrected chi connectivity index (χ0v) is 15.1. The molecule has 7 nitrogen and oxygen atoms in total. The van der Waals surface area contributed by atoms with Gasteiger partial charge in [0.25, 0.3) is 0 Å². The quantitative estimate of drug-likeness (QED) is 0.834. The number of nitrogens with one attached hydrogen (secondary N) is 1. The van der Waals surface area contributed by atoms with E-state index < -0.39 is 0 Å². The molecule has 0 saturated carbocycles. The lowest BCUT2D eigenvalue weighted by Crippen LogP contribution is -2.37. The summed E-state index contributed by atoms with van der Waals surface area (Å²) < 4.78 is 4.17. The van der Waals surface area contributed by atoms with Gasteiger partial charge in [-0.3, -0.25) is 4.68 Å². The van der Waals surface area contributed by atoms with E-state index in [1.807, 2.05) is 11.6 Å². The van der Waals surface area contributed by atoms with Crippen LogP contribution >= 0.6 is 0 Å². The Morgan fingerprint density at radius 2 is 2.08 bits per heavy atom. The molecule has 0 spiro atoms. The van der Waals surface area contributed by atoms with Crippen molar-refractivity contribution in [2.45, 2.75) is 72.1 Å². The molecule has 2 aromatic rings. The number of nitrogens with zero attached hydrogens (tertiary/aromatic N) is 5. The fourth-order valence-corrected chi connectivity index (χ4v) is 3.49. The van der Waals surface area contributed by atoms with Crippen molar-refractivity contribution in [3.63, 3.8) is 0 Å². The van der Waals surface area contributed by atoms with E-state index in [2.05, 4.69) is 46.0 Å². The predicted octanol–water partition coefficient (Wildman–Crippen LogP) is 1.31. The molecule has 0 amide bonds. The summed E-state index contributed by atoms with van der Waals surface area (Å²) in [5, 5.41) is 26.0. The van der Waals surface area contributed by atoms with Crippen molar-refractivity contribution in [1.29, 1.82) is 0 Å². The normalized spacial score (nSPS) is 17.5. The van der Waals surface area contributed by atoms with Crippen molar-refractivity contribution in [2.24, 2.45) is 0 Å². The molecule has 3 rings (SSSR count). The average molecular weight is 332 g/mol. The number of aliphatic hydroxyl groups excluding tert-OH is 1. The molecule has 132 valence electrons. The maximum atomic E-state index is 9.13. The molecule has 0 unspecified atom stereocenters. The van der Waals surface area contributed by atoms with Gasteiger partial charge in [0.2, 0.25) is 0 Å². The van der Waals surface area contributed by atoms with Crippen LogP contribution in [0.4, 0.5) is 0 Å². The van der Waals surface area contributed by atoms with E-state index in [1.54, 1.807) is 0 Å². The van der Waals surface area contributed by atoms with Gasteiger partial charge < -0.3 is 15.0 Å². The van der Waals surface area contributed by atoms with Crippen LogP contribution in [0.25, 0.3) is 0 Å². The standard InChI is InChI=1S/C17H28N6O/c1-11(2)17-20-19-16-6-5-14(10-22(16)17)18-9-15-12(3)21-23(7-8-24)13(15)4/h11,14,18,24H,5-10H2,1-4H3/t14-/m0/s1. The topological polar surface area (TPSA) is 80.8 Å². The van der Waals surface area contributed by atoms with Crippen LogP contribution in [-0.4, -0.2) is 42.3 Å². The van der Waals surface area contributed by atoms with E-state index in [-0.39, 0.29) is 6.61 Å². The summed E-state index contributed by atoms with van der Waals surface area (Å²) >= 11 is 0. The number of hydrogen-bond donors (Lipinski definition) is 2. The Kier molecular flexibility index (Phi) is 5.01. The highest BCUT2D eigenvalue weighted by molar-refractivity contribution is 5.24. The van der Waals surface area contributed by atoms with E-state index in [0.29, 0.717) is 18.5 Å². The van der Waals surface area contributed by atoms with Gasteiger partial charge in [0, 0.05) is 42.7 Å². The number of aryl methyl sites for hydroxylation is 2. The minimum absolute atomic E-state index is 0.117. The lowest BCUT2D eigenvalue weighted by molar-refractivity contribution is 0.267. The van der Waals surface area contributed by atoms with E-state index in [9.17, 15) is 0 Å². The van der Waals surface area contributed by atoms with Crippen molar-refractivity contribution in [1.82, 2.24) is 29.9 Å². The second-order valence-electron chi connectivity index (χ2n) is 6.95. The highest BCUT2D eigenvalue weighted by atomic mass is 16.3. The maximum absolute atomic E-state index is 9.13. The van der Waals surface area contributed by atoms with Crippen molar-refractivity contribution < 1.29 is 5.11 Å². The molecule has 0 radical (unpaired) electrons. The smallest absolute Gasteiger partial charge is 0.135 e. The summed E-state index contributed by atoms with van der Waals surface area (Å²) in [6, 6.07) is 0.422. The summed E-state index contributed by atoms with van der Waals surface area (Å²) in [5.74, 6) is 2.59. The number of fused-ring (bicyclic) bond motifs is 1. The first-order chi connectivity index (χ1) is 11.5. The Hall–Kier alpha value is -1.73. The zero-order chi connectivity index (χ0) is 17.3. The molecule has 1 aliphatic heterocycles. The summed E-state index contributed by atoms with van der Waals surface area (Å²) in [7, 11) is 0. The third-order valence-corrected chi connectivity index (χ3v) is 4.90. The summed E-state index contributed by atoms with van der Waals surface area (Å²) in [6.07, 6.45) is 2.05. The number of hydrogen-bond acceptors (Lipinski definition) is 5. The average Bonchev–Trinajstić information content (AvgIpc) is 3.08. The Morgan fingerprint density at radius 1 is 1.29 bits per heavy atom. The van der Waals surface area contributed by atoms with Crippen LogP contribution in [0.5, 0.6) is 0 Å². The predicted molar refractivity (Wildman–Crippen MR) is 91.8 cm³/mol. The van der Waals surface area contributed by atoms with Gasteiger partial charge in [0.15, 0.2) is 0 Å². The van der Waals surface area contributed by atoms with Crippen LogP contribution in [0.15, 0.2) is 0 Å². The highest BCUT2D eigenvalue weighted by Gasteiger charge is 2.24. The zero-order valence-electron chi connectivity index (χ0n) is 15.1. The maximum Gasteiger partial charge on any atom is 0.135 e. The van der Waals surface area contributed by atoms with Crippen molar-refractivity contribution in [2.75, 3.05) is 6.61 Å². The second-order valence-corrected chi connectivity index (χ2v) is 6.95. The molecule has 1 aliphatic rings. The molecule has 0 aliphatic carbocycles. The molecule has 0 fully saturated rings. The van der Waals surface area contributed by atoms with Crippen LogP contribution in [-0.2, 0) is 26.1 Å². The summed E-state index contributed by atoms with van der Waals surface area (Å²) in [5.41, 5.74) is 3.41. The second kappa shape index (κ2) is 7.03. The van der Waals surface area contributed by atoms with E-state index in [1.165, 1.54) is 5.56 Å². The highest BCUT2D eigenvalue weighted by Crippen LogP contribution is 2.21. The fraction of sp³-hybridized carbons (Fsp3) is 0.706. The van der Waals surface area contributed by atoms with Crippen molar-refractivity contribution in [3.8, 4) is 0 Å². The van der Waals surface area contributed by atoms with E-state index >= 15 is 0 Å². The lowest BCUT2D eigenvalue weighted by Gasteiger charge is -2.26. The van der Waals surface area contributed by atoms with Crippen LogP contribution < -0.4 is 5.32 Å². The van der Waals surface area contributed by atoms with Crippen LogP contribution in [0, 0.1) is 13.8 Å². The molecular weight excluding hydrogens is 304 g/mol. The number of aromatic nitrogens is 5. The van der Waals surface area contributed by atoms with Gasteiger partial charge in [-0.1, -0.05) is 13.8 Å². The van der Waals surface area contributed by atoms with E-state index in [0.717, 1.165) is 49.0 Å². The first kappa shape index (κ1) is 17.1. The van der Waals surface area contributed by atoms with Gasteiger partial charge in [0.1, 0.15) is 11.6 Å². The van der Waals surface area contributed by atoms with Crippen LogP contribution in [0.2, 0.25) is 0 Å². The van der Waals surface area contributed by atoms with Gasteiger partial charge in [-0.05, 0) is 20.3 Å². The fourth-order valence-electron chi connectivity index (χ4n) is 3.49. The van der Waals surface area contributed by atoms with Crippen molar-refractivity contribution >= 4 is 0 Å². The molecule has 7 heteroatoms. The first-order valence-electron chi connectivity index (χ1n) is 8.80. The van der Waals surface area contributed by atoms with Gasteiger partial charge in [0.05, 0.1) is 18.8 Å². The molecule has 2 N–H and O–H groups in total.